The minimum atomic E-state index is -1.18. The number of amides is 2. The molecule has 0 aliphatic carbocycles. The number of fused-ring (bicyclic) bond motifs is 1. The van der Waals surface area contributed by atoms with Gasteiger partial charge in [-0.25, -0.2) is 14.4 Å². The van der Waals surface area contributed by atoms with Gasteiger partial charge in [-0.05, 0) is 18.2 Å². The Balaban J connectivity index is 1.90. The van der Waals surface area contributed by atoms with Crippen LogP contribution in [0.15, 0.2) is 18.2 Å². The molecule has 110 valence electrons. The molecule has 1 fully saturated rings. The van der Waals surface area contributed by atoms with Gasteiger partial charge in [0.25, 0.3) is 0 Å². The monoisotopic (exact) mass is 292 g/mol. The number of ether oxygens (including phenoxy) is 2. The average molecular weight is 292 g/mol. The first-order valence-electron chi connectivity index (χ1n) is 6.21. The van der Waals surface area contributed by atoms with Crippen LogP contribution in [-0.4, -0.2) is 43.0 Å². The number of carbonyl (C=O) groups is 3. The number of rotatable bonds is 2. The molecule has 1 atom stereocenters. The Morgan fingerprint density at radius 2 is 2.10 bits per heavy atom. The number of carbonyl (C=O) groups excluding carboxylic acids is 2. The maximum absolute atomic E-state index is 11.7. The van der Waals surface area contributed by atoms with E-state index in [2.05, 4.69) is 0 Å². The van der Waals surface area contributed by atoms with E-state index in [0.717, 1.165) is 5.56 Å². The van der Waals surface area contributed by atoms with Crippen LogP contribution in [0.3, 0.4) is 0 Å². The molecule has 2 heterocycles. The van der Waals surface area contributed by atoms with Crippen molar-refractivity contribution >= 4 is 29.5 Å². The topological polar surface area (TPSA) is 96.4 Å². The van der Waals surface area contributed by atoms with Crippen molar-refractivity contribution in [3.8, 4) is 0 Å². The molecule has 0 bridgehead atoms. The molecule has 0 spiro atoms. The zero-order valence-corrected chi connectivity index (χ0v) is 11.1. The van der Waals surface area contributed by atoms with Crippen molar-refractivity contribution in [2.24, 2.45) is 0 Å². The van der Waals surface area contributed by atoms with Crippen molar-refractivity contribution in [1.29, 1.82) is 0 Å². The molecule has 0 radical (unpaired) electrons. The van der Waals surface area contributed by atoms with E-state index < -0.39 is 24.3 Å². The van der Waals surface area contributed by atoms with Gasteiger partial charge in [0.05, 0.1) is 12.2 Å². The number of hydrogen-bond acceptors (Lipinski definition) is 5. The predicted molar refractivity (Wildman–Crippen MR) is 70.3 cm³/mol. The van der Waals surface area contributed by atoms with E-state index in [9.17, 15) is 14.4 Å². The molecule has 3 rings (SSSR count). The van der Waals surface area contributed by atoms with Crippen LogP contribution in [0.5, 0.6) is 0 Å². The second-order valence-electron chi connectivity index (χ2n) is 4.75. The van der Waals surface area contributed by atoms with Crippen LogP contribution < -0.4 is 9.80 Å². The van der Waals surface area contributed by atoms with Crippen molar-refractivity contribution in [2.45, 2.75) is 12.7 Å². The first-order chi connectivity index (χ1) is 9.97. The molecule has 2 aliphatic rings. The van der Waals surface area contributed by atoms with E-state index in [1.807, 2.05) is 0 Å². The Hall–Kier alpha value is -2.77. The Morgan fingerprint density at radius 3 is 2.76 bits per heavy atom. The maximum Gasteiger partial charge on any atom is 0.415 e. The largest absolute Gasteiger partial charge is 0.478 e. The van der Waals surface area contributed by atoms with Crippen LogP contribution in [0.1, 0.15) is 5.56 Å². The molecule has 1 N–H and O–H groups in total. The van der Waals surface area contributed by atoms with Crippen LogP contribution in [0.25, 0.3) is 0 Å². The number of hydrogen-bond donors (Lipinski definition) is 1. The van der Waals surface area contributed by atoms with Crippen molar-refractivity contribution in [2.75, 3.05) is 23.4 Å². The van der Waals surface area contributed by atoms with E-state index in [1.54, 1.807) is 25.2 Å². The lowest BCUT2D eigenvalue weighted by molar-refractivity contribution is -0.144. The van der Waals surface area contributed by atoms with E-state index in [0.29, 0.717) is 11.4 Å². The van der Waals surface area contributed by atoms with Gasteiger partial charge in [0.1, 0.15) is 6.61 Å². The quantitative estimate of drug-likeness (QED) is 0.879. The fraction of sp³-hybridized carbons (Fsp3) is 0.308. The van der Waals surface area contributed by atoms with Gasteiger partial charge in [-0.2, -0.15) is 0 Å². The Kier molecular flexibility index (Phi) is 2.93. The summed E-state index contributed by atoms with van der Waals surface area (Å²) < 4.78 is 9.74. The summed E-state index contributed by atoms with van der Waals surface area (Å²) in [6.45, 7) is 0.0557. The van der Waals surface area contributed by atoms with E-state index in [1.165, 1.54) is 9.80 Å². The molecule has 21 heavy (non-hydrogen) atoms. The fourth-order valence-corrected chi connectivity index (χ4v) is 2.32. The molecule has 8 nitrogen and oxygen atoms in total. The third-order valence-corrected chi connectivity index (χ3v) is 3.45. The molecule has 2 aliphatic heterocycles. The molecule has 1 unspecified atom stereocenters. The lowest BCUT2D eigenvalue weighted by Crippen LogP contribution is -2.32. The van der Waals surface area contributed by atoms with Gasteiger partial charge >= 0.3 is 18.2 Å². The summed E-state index contributed by atoms with van der Waals surface area (Å²) in [6, 6.07) is 5.01. The van der Waals surface area contributed by atoms with Gasteiger partial charge in [-0.3, -0.25) is 9.80 Å². The minimum Gasteiger partial charge on any atom is -0.478 e. The predicted octanol–water partition coefficient (Wildman–Crippen LogP) is 1.18. The fourth-order valence-electron chi connectivity index (χ4n) is 2.32. The maximum atomic E-state index is 11.7. The van der Waals surface area contributed by atoms with Gasteiger partial charge in [0, 0.05) is 18.3 Å². The number of carboxylic acids is 1. The molecule has 1 saturated heterocycles. The lowest BCUT2D eigenvalue weighted by Gasteiger charge is -2.26. The van der Waals surface area contributed by atoms with Gasteiger partial charge in [-0.1, -0.05) is 0 Å². The van der Waals surface area contributed by atoms with Crippen LogP contribution >= 0.6 is 0 Å². The molecule has 0 aromatic heterocycles. The van der Waals surface area contributed by atoms with Gasteiger partial charge in [0.2, 0.25) is 6.10 Å². The summed E-state index contributed by atoms with van der Waals surface area (Å²) in [5.74, 6) is -1.18. The molecular formula is C13H12N2O6. The third-order valence-electron chi connectivity index (χ3n) is 3.45. The zero-order chi connectivity index (χ0) is 15.1. The molecule has 1 aromatic rings. The Labute approximate surface area is 119 Å². The Bertz CT molecular complexity index is 644. The van der Waals surface area contributed by atoms with Crippen LogP contribution in [0, 0.1) is 0 Å². The van der Waals surface area contributed by atoms with Crippen LogP contribution in [0.4, 0.5) is 21.0 Å². The first kappa shape index (κ1) is 13.2. The van der Waals surface area contributed by atoms with Crippen molar-refractivity contribution in [3.05, 3.63) is 23.8 Å². The molecule has 1 aromatic carbocycles. The third kappa shape index (κ3) is 2.14. The second-order valence-corrected chi connectivity index (χ2v) is 4.75. The number of aliphatic carboxylic acids is 1. The highest BCUT2D eigenvalue weighted by molar-refractivity contribution is 5.95. The van der Waals surface area contributed by atoms with E-state index in [4.69, 9.17) is 14.6 Å². The molecule has 0 saturated carbocycles. The molecule has 8 heteroatoms. The van der Waals surface area contributed by atoms with Crippen molar-refractivity contribution in [1.82, 2.24) is 0 Å². The number of benzene rings is 1. The summed E-state index contributed by atoms with van der Waals surface area (Å²) in [4.78, 5) is 36.6. The summed E-state index contributed by atoms with van der Waals surface area (Å²) in [7, 11) is 1.59. The summed E-state index contributed by atoms with van der Waals surface area (Å²) in [5.41, 5.74) is 1.94. The van der Waals surface area contributed by atoms with E-state index >= 15 is 0 Å². The van der Waals surface area contributed by atoms with Gasteiger partial charge in [0.15, 0.2) is 0 Å². The minimum absolute atomic E-state index is 0.0530. The van der Waals surface area contributed by atoms with Crippen LogP contribution in [0.2, 0.25) is 0 Å². The van der Waals surface area contributed by atoms with Crippen LogP contribution in [-0.2, 0) is 20.9 Å². The average Bonchev–Trinajstić information content (AvgIpc) is 2.85. The number of nitrogens with zero attached hydrogens (tertiary/aromatic N) is 2. The Morgan fingerprint density at radius 1 is 1.33 bits per heavy atom. The lowest BCUT2D eigenvalue weighted by atomic mass is 10.1. The molecule has 2 amide bonds. The highest BCUT2D eigenvalue weighted by Gasteiger charge is 2.37. The summed E-state index contributed by atoms with van der Waals surface area (Å²) in [6.07, 6.45) is -2.32. The number of cyclic esters (lactones) is 2. The van der Waals surface area contributed by atoms with Gasteiger partial charge in [-0.15, -0.1) is 0 Å². The smallest absolute Gasteiger partial charge is 0.415 e. The summed E-state index contributed by atoms with van der Waals surface area (Å²) in [5, 5.41) is 8.88. The van der Waals surface area contributed by atoms with Gasteiger partial charge < -0.3 is 14.6 Å². The standard InChI is InChI=1S/C13H12N2O6/c1-14-9-3-2-8(4-7(9)6-20-12(14)18)15-5-10(11(16)17)21-13(15)19/h2-4,10H,5-6H2,1H3,(H,16,17). The number of carboxylic acid groups (broad SMARTS) is 1. The zero-order valence-electron chi connectivity index (χ0n) is 11.1. The SMILES string of the molecule is CN1C(=O)OCc2cc(N3CC(C(=O)O)OC3=O)ccc21. The van der Waals surface area contributed by atoms with E-state index in [-0.39, 0.29) is 13.2 Å². The summed E-state index contributed by atoms with van der Waals surface area (Å²) >= 11 is 0. The highest BCUT2D eigenvalue weighted by atomic mass is 16.6. The van der Waals surface area contributed by atoms with Crippen molar-refractivity contribution < 1.29 is 29.0 Å². The molecular weight excluding hydrogens is 280 g/mol. The van der Waals surface area contributed by atoms with Crippen molar-refractivity contribution in [3.63, 3.8) is 0 Å². The second kappa shape index (κ2) is 4.65. The normalized spacial score (nSPS) is 20.9. The first-order valence-corrected chi connectivity index (χ1v) is 6.21. The highest BCUT2D eigenvalue weighted by Crippen LogP contribution is 2.31. The number of anilines is 2.